The summed E-state index contributed by atoms with van der Waals surface area (Å²) in [5.74, 6) is -1.22. The Hall–Kier alpha value is -4.19. The van der Waals surface area contributed by atoms with Crippen molar-refractivity contribution in [3.8, 4) is 0 Å². The van der Waals surface area contributed by atoms with E-state index in [0.717, 1.165) is 77.0 Å². The summed E-state index contributed by atoms with van der Waals surface area (Å²) in [6.07, 6.45) is 68.0. The van der Waals surface area contributed by atoms with Crippen LogP contribution in [0, 0.1) is 0 Å². The van der Waals surface area contributed by atoms with Crippen molar-refractivity contribution in [3.63, 3.8) is 0 Å². The fourth-order valence-electron chi connectivity index (χ4n) is 6.18. The van der Waals surface area contributed by atoms with Gasteiger partial charge >= 0.3 is 17.9 Å². The Morgan fingerprint density at radius 2 is 0.629 bits per heavy atom. The average Bonchev–Trinajstić information content (AvgIpc) is 3.27. The molecule has 0 aliphatic rings. The highest BCUT2D eigenvalue weighted by Crippen LogP contribution is 2.14. The van der Waals surface area contributed by atoms with Crippen LogP contribution in [0.3, 0.4) is 0 Å². The van der Waals surface area contributed by atoms with Gasteiger partial charge in [-0.25, -0.2) is 0 Å². The van der Waals surface area contributed by atoms with Crippen LogP contribution in [0.15, 0.2) is 122 Å². The molecule has 0 aromatic carbocycles. The molecule has 1 atom stereocenters. The van der Waals surface area contributed by atoms with Crippen LogP contribution in [0.4, 0.5) is 0 Å². The minimum atomic E-state index is -0.872. The number of carbonyl (C=O) groups is 3. The van der Waals surface area contributed by atoms with Crippen LogP contribution in [0.25, 0.3) is 0 Å². The van der Waals surface area contributed by atoms with Gasteiger partial charge in [-0.3, -0.25) is 14.4 Å². The smallest absolute Gasteiger partial charge is 0.310 e. The molecule has 0 heterocycles. The highest BCUT2D eigenvalue weighted by molar-refractivity contribution is 5.72. The lowest BCUT2D eigenvalue weighted by Gasteiger charge is -2.17. The van der Waals surface area contributed by atoms with Gasteiger partial charge < -0.3 is 14.2 Å². The summed E-state index contributed by atoms with van der Waals surface area (Å²) >= 11 is 0. The first-order chi connectivity index (χ1) is 30.5. The Labute approximate surface area is 380 Å². The zero-order chi connectivity index (χ0) is 45.1. The monoisotopic (exact) mass is 857 g/mol. The molecule has 6 heteroatoms. The first-order valence-electron chi connectivity index (χ1n) is 24.5. The maximum absolute atomic E-state index is 12.7. The van der Waals surface area contributed by atoms with Gasteiger partial charge in [-0.2, -0.15) is 0 Å². The number of unbranched alkanes of at least 4 members (excludes halogenated alkanes) is 13. The van der Waals surface area contributed by atoms with Crippen LogP contribution in [0.1, 0.15) is 194 Å². The van der Waals surface area contributed by atoms with E-state index >= 15 is 0 Å². The largest absolute Gasteiger partial charge is 0.462 e. The maximum atomic E-state index is 12.7. The number of hydrogen-bond donors (Lipinski definition) is 0. The summed E-state index contributed by atoms with van der Waals surface area (Å²) in [6.45, 7) is 6.21. The molecule has 0 fully saturated rings. The van der Waals surface area contributed by atoms with Crippen molar-refractivity contribution in [1.82, 2.24) is 0 Å². The van der Waals surface area contributed by atoms with E-state index < -0.39 is 18.0 Å². The van der Waals surface area contributed by atoms with E-state index in [1.165, 1.54) is 70.6 Å². The molecule has 348 valence electrons. The molecular formula is C56H88O6. The first kappa shape index (κ1) is 57.8. The summed E-state index contributed by atoms with van der Waals surface area (Å²) in [5.41, 5.74) is 0. The van der Waals surface area contributed by atoms with E-state index in [1.54, 1.807) is 12.2 Å². The second kappa shape index (κ2) is 49.5. The van der Waals surface area contributed by atoms with Gasteiger partial charge in [0.1, 0.15) is 13.2 Å². The van der Waals surface area contributed by atoms with Crippen molar-refractivity contribution in [3.05, 3.63) is 122 Å². The minimum absolute atomic E-state index is 0.0744. The number of ether oxygens (including phenoxy) is 3. The van der Waals surface area contributed by atoms with Gasteiger partial charge in [0.25, 0.3) is 0 Å². The molecule has 0 aliphatic carbocycles. The topological polar surface area (TPSA) is 78.9 Å². The van der Waals surface area contributed by atoms with Crippen molar-refractivity contribution in [2.45, 2.75) is 200 Å². The fourth-order valence-corrected chi connectivity index (χ4v) is 6.18. The molecule has 0 radical (unpaired) electrons. The Bertz CT molecular complexity index is 1350. The molecule has 0 N–H and O–H groups in total. The molecular weight excluding hydrogens is 769 g/mol. The van der Waals surface area contributed by atoms with E-state index in [1.807, 2.05) is 12.2 Å². The van der Waals surface area contributed by atoms with E-state index in [2.05, 4.69) is 118 Å². The minimum Gasteiger partial charge on any atom is -0.462 e. The highest BCUT2D eigenvalue weighted by atomic mass is 16.6. The predicted molar refractivity (Wildman–Crippen MR) is 265 cm³/mol. The molecule has 6 nitrogen and oxygen atoms in total. The van der Waals surface area contributed by atoms with Crippen molar-refractivity contribution in [2.75, 3.05) is 13.2 Å². The summed E-state index contributed by atoms with van der Waals surface area (Å²) < 4.78 is 16.5. The summed E-state index contributed by atoms with van der Waals surface area (Å²) in [5, 5.41) is 0. The summed E-state index contributed by atoms with van der Waals surface area (Å²) in [6, 6.07) is 0. The second-order valence-electron chi connectivity index (χ2n) is 15.6. The van der Waals surface area contributed by atoms with Crippen molar-refractivity contribution in [1.29, 1.82) is 0 Å². The third kappa shape index (κ3) is 46.9. The van der Waals surface area contributed by atoms with E-state index in [9.17, 15) is 14.4 Å². The van der Waals surface area contributed by atoms with Crippen LogP contribution >= 0.6 is 0 Å². The summed E-state index contributed by atoms with van der Waals surface area (Å²) in [4.78, 5) is 37.8. The molecule has 0 aromatic heterocycles. The number of allylic oxidation sites excluding steroid dienone is 18. The Morgan fingerprint density at radius 3 is 0.984 bits per heavy atom. The first-order valence-corrected chi connectivity index (χ1v) is 24.5. The van der Waals surface area contributed by atoms with Gasteiger partial charge in [-0.1, -0.05) is 226 Å². The van der Waals surface area contributed by atoms with Gasteiger partial charge in [-0.15, -0.1) is 0 Å². The zero-order valence-corrected chi connectivity index (χ0v) is 39.6. The molecule has 0 saturated heterocycles. The molecule has 62 heavy (non-hydrogen) atoms. The number of esters is 3. The second-order valence-corrected chi connectivity index (χ2v) is 15.6. The predicted octanol–water partition coefficient (Wildman–Crippen LogP) is 16.1. The lowest BCUT2D eigenvalue weighted by Crippen LogP contribution is -2.30. The number of carbonyl (C=O) groups excluding carboxylic acids is 3. The lowest BCUT2D eigenvalue weighted by atomic mass is 10.0. The van der Waals surface area contributed by atoms with Gasteiger partial charge in [-0.05, 0) is 70.6 Å². The molecule has 0 aromatic rings. The zero-order valence-electron chi connectivity index (χ0n) is 39.6. The fraction of sp³-hybridized carbons (Fsp3) is 0.589. The van der Waals surface area contributed by atoms with Gasteiger partial charge in [0, 0.05) is 6.42 Å². The standard InChI is InChI=1S/C56H88O6/c1-4-7-10-13-16-19-22-25-28-31-34-37-40-43-46-49-55(58)61-52-53(51-60-54(57)48-45-42-39-36-33-30-27-24-21-18-15-12-9-6-3)62-56(59)50-47-44-41-38-35-32-29-26-23-20-17-14-11-8-5-2/h7-8,10-11,16-17,19-20,25-26,28-29,34-35,37-38,43-44,46-47,53H,4-6,9,12-15,18,21-24,27,30-33,36,39-42,45,48-52H2,1-3H3/b10-7-,11-8-,19-16-,20-17-,28-25-,29-26-,37-34-,38-35-,46-43-,47-44-. The Balaban J connectivity index is 4.65. The molecule has 0 amide bonds. The molecule has 0 bridgehead atoms. The molecule has 1 unspecified atom stereocenters. The van der Waals surface area contributed by atoms with Crippen LogP contribution in [0.5, 0.6) is 0 Å². The van der Waals surface area contributed by atoms with Crippen molar-refractivity contribution < 1.29 is 28.6 Å². The highest BCUT2D eigenvalue weighted by Gasteiger charge is 2.19. The normalized spacial score (nSPS) is 13.1. The van der Waals surface area contributed by atoms with Gasteiger partial charge in [0.05, 0.1) is 12.8 Å². The maximum Gasteiger partial charge on any atom is 0.310 e. The third-order valence-corrected chi connectivity index (χ3v) is 9.78. The van der Waals surface area contributed by atoms with E-state index in [4.69, 9.17) is 14.2 Å². The Kier molecular flexibility index (Phi) is 46.1. The molecule has 0 saturated carbocycles. The van der Waals surface area contributed by atoms with Crippen LogP contribution in [0.2, 0.25) is 0 Å². The van der Waals surface area contributed by atoms with Crippen LogP contribution in [-0.4, -0.2) is 37.2 Å². The van der Waals surface area contributed by atoms with Crippen LogP contribution in [-0.2, 0) is 28.6 Å². The van der Waals surface area contributed by atoms with Gasteiger partial charge in [0.15, 0.2) is 6.10 Å². The molecule has 0 rings (SSSR count). The number of rotatable bonds is 42. The number of hydrogen-bond acceptors (Lipinski definition) is 6. The van der Waals surface area contributed by atoms with Gasteiger partial charge in [0.2, 0.25) is 0 Å². The van der Waals surface area contributed by atoms with E-state index in [0.29, 0.717) is 12.8 Å². The SMILES string of the molecule is CC/C=C\C/C=C\C/C=C\C/C=C\C/C=C\CC(=O)OCC(COC(=O)CCCCCCCCCCCCCCCC)OC(=O)C/C=C\C/C=C\C/C=C\C/C=C\C/C=C\CC. The molecule has 0 aliphatic heterocycles. The average molecular weight is 857 g/mol. The third-order valence-electron chi connectivity index (χ3n) is 9.78. The lowest BCUT2D eigenvalue weighted by molar-refractivity contribution is -0.166. The van der Waals surface area contributed by atoms with E-state index in [-0.39, 0.29) is 32.0 Å². The quantitative estimate of drug-likeness (QED) is 0.0263. The van der Waals surface area contributed by atoms with Crippen molar-refractivity contribution >= 4 is 17.9 Å². The molecule has 0 spiro atoms. The summed E-state index contributed by atoms with van der Waals surface area (Å²) in [7, 11) is 0. The van der Waals surface area contributed by atoms with Crippen molar-refractivity contribution in [2.24, 2.45) is 0 Å². The van der Waals surface area contributed by atoms with Crippen LogP contribution < -0.4 is 0 Å². The Morgan fingerprint density at radius 1 is 0.339 bits per heavy atom.